The lowest BCUT2D eigenvalue weighted by atomic mass is 10.2. The highest BCUT2D eigenvalue weighted by molar-refractivity contribution is 5.25. The average molecular weight is 182 g/mol. The summed E-state index contributed by atoms with van der Waals surface area (Å²) in [5.41, 5.74) is 0. The molecular formula is C8H14N4O. The average Bonchev–Trinajstić information content (AvgIpc) is 2.16. The van der Waals surface area contributed by atoms with Crippen LogP contribution in [0.3, 0.4) is 0 Å². The lowest BCUT2D eigenvalue weighted by molar-refractivity contribution is 0.375. The zero-order valence-electron chi connectivity index (χ0n) is 8.33. The molecule has 5 heteroatoms. The van der Waals surface area contributed by atoms with Crippen molar-refractivity contribution in [1.82, 2.24) is 15.0 Å². The maximum absolute atomic E-state index is 4.95. The molecule has 0 aliphatic rings. The third-order valence-electron chi connectivity index (χ3n) is 1.55. The van der Waals surface area contributed by atoms with Crippen molar-refractivity contribution in [3.63, 3.8) is 0 Å². The zero-order chi connectivity index (χ0) is 9.84. The van der Waals surface area contributed by atoms with Crippen LogP contribution in [0.15, 0.2) is 0 Å². The molecule has 5 nitrogen and oxygen atoms in total. The van der Waals surface area contributed by atoms with E-state index in [0.29, 0.717) is 12.0 Å². The van der Waals surface area contributed by atoms with Crippen molar-refractivity contribution in [3.8, 4) is 6.01 Å². The summed E-state index contributed by atoms with van der Waals surface area (Å²) < 4.78 is 4.95. The number of nitrogens with zero attached hydrogens (tertiary/aromatic N) is 3. The van der Waals surface area contributed by atoms with Gasteiger partial charge in [0.15, 0.2) is 0 Å². The molecule has 0 radical (unpaired) electrons. The minimum atomic E-state index is 0.268. The van der Waals surface area contributed by atoms with E-state index in [0.717, 1.165) is 5.82 Å². The number of ether oxygens (including phenoxy) is 1. The molecule has 0 fully saturated rings. The molecule has 0 aliphatic carbocycles. The maximum atomic E-state index is 4.95. The predicted molar refractivity (Wildman–Crippen MR) is 50.0 cm³/mol. The van der Waals surface area contributed by atoms with Crippen LogP contribution in [-0.2, 0) is 0 Å². The quantitative estimate of drug-likeness (QED) is 0.757. The van der Waals surface area contributed by atoms with Crippen molar-refractivity contribution in [2.45, 2.75) is 19.8 Å². The van der Waals surface area contributed by atoms with Gasteiger partial charge in [-0.05, 0) is 0 Å². The third-order valence-corrected chi connectivity index (χ3v) is 1.55. The molecule has 0 unspecified atom stereocenters. The monoisotopic (exact) mass is 182 g/mol. The van der Waals surface area contributed by atoms with Crippen molar-refractivity contribution < 1.29 is 4.74 Å². The molecular weight excluding hydrogens is 168 g/mol. The van der Waals surface area contributed by atoms with Crippen LogP contribution in [0.2, 0.25) is 0 Å². The first-order chi connectivity index (χ1) is 6.17. The second-order valence-corrected chi connectivity index (χ2v) is 2.91. The minimum Gasteiger partial charge on any atom is -0.467 e. The molecule has 1 N–H and O–H groups in total. The maximum Gasteiger partial charge on any atom is 0.321 e. The molecule has 1 aromatic heterocycles. The molecule has 0 bridgehead atoms. The highest BCUT2D eigenvalue weighted by atomic mass is 16.5. The second-order valence-electron chi connectivity index (χ2n) is 2.91. The number of nitrogens with one attached hydrogen (secondary N) is 1. The van der Waals surface area contributed by atoms with Crippen LogP contribution in [0.25, 0.3) is 0 Å². The number of rotatable bonds is 3. The van der Waals surface area contributed by atoms with Crippen molar-refractivity contribution >= 4 is 5.95 Å². The van der Waals surface area contributed by atoms with Crippen LogP contribution in [0.5, 0.6) is 6.01 Å². The highest BCUT2D eigenvalue weighted by Gasteiger charge is 2.08. The summed E-state index contributed by atoms with van der Waals surface area (Å²) in [6.07, 6.45) is 0. The standard InChI is InChI=1S/C8H14N4O/c1-5(2)6-10-7(9-3)12-8(11-6)13-4/h5H,1-4H3,(H,9,10,11,12). The number of aromatic nitrogens is 3. The lowest BCUT2D eigenvalue weighted by Gasteiger charge is -2.07. The first-order valence-corrected chi connectivity index (χ1v) is 4.15. The van der Waals surface area contributed by atoms with Gasteiger partial charge >= 0.3 is 6.01 Å². The Bertz CT molecular complexity index is 265. The fourth-order valence-electron chi connectivity index (χ4n) is 0.833. The highest BCUT2D eigenvalue weighted by Crippen LogP contribution is 2.13. The van der Waals surface area contributed by atoms with E-state index in [-0.39, 0.29) is 5.92 Å². The summed E-state index contributed by atoms with van der Waals surface area (Å²) in [5, 5.41) is 2.85. The molecule has 0 amide bonds. The molecule has 0 atom stereocenters. The Morgan fingerprint density at radius 3 is 2.38 bits per heavy atom. The van der Waals surface area contributed by atoms with Crippen LogP contribution in [0.4, 0.5) is 5.95 Å². The number of hydrogen-bond acceptors (Lipinski definition) is 5. The van der Waals surface area contributed by atoms with E-state index in [1.165, 1.54) is 0 Å². The van der Waals surface area contributed by atoms with Gasteiger partial charge < -0.3 is 10.1 Å². The van der Waals surface area contributed by atoms with Crippen LogP contribution in [0, 0.1) is 0 Å². The van der Waals surface area contributed by atoms with Gasteiger partial charge in [-0.3, -0.25) is 0 Å². The molecule has 1 aromatic rings. The van der Waals surface area contributed by atoms with E-state index in [2.05, 4.69) is 20.3 Å². The summed E-state index contributed by atoms with van der Waals surface area (Å²) in [7, 11) is 3.30. The van der Waals surface area contributed by atoms with E-state index >= 15 is 0 Å². The molecule has 0 saturated carbocycles. The Hall–Kier alpha value is -1.39. The largest absolute Gasteiger partial charge is 0.467 e. The Balaban J connectivity index is 3.07. The molecule has 0 saturated heterocycles. The first kappa shape index (κ1) is 9.70. The van der Waals surface area contributed by atoms with Gasteiger partial charge in [0.25, 0.3) is 0 Å². The Morgan fingerprint density at radius 2 is 1.92 bits per heavy atom. The van der Waals surface area contributed by atoms with Gasteiger partial charge in [-0.2, -0.15) is 15.0 Å². The SMILES string of the molecule is CNc1nc(OC)nc(C(C)C)n1. The fourth-order valence-corrected chi connectivity index (χ4v) is 0.833. The van der Waals surface area contributed by atoms with Gasteiger partial charge in [0.05, 0.1) is 7.11 Å². The van der Waals surface area contributed by atoms with Crippen molar-refractivity contribution in [2.75, 3.05) is 19.5 Å². The van der Waals surface area contributed by atoms with E-state index in [4.69, 9.17) is 4.74 Å². The molecule has 0 aliphatic heterocycles. The molecule has 0 spiro atoms. The van der Waals surface area contributed by atoms with Crippen molar-refractivity contribution in [2.24, 2.45) is 0 Å². The fraction of sp³-hybridized carbons (Fsp3) is 0.625. The summed E-state index contributed by atoms with van der Waals surface area (Å²) in [5.74, 6) is 1.54. The van der Waals surface area contributed by atoms with Gasteiger partial charge in [0, 0.05) is 13.0 Å². The van der Waals surface area contributed by atoms with E-state index in [1.807, 2.05) is 13.8 Å². The third kappa shape index (κ3) is 2.27. The number of anilines is 1. The number of methoxy groups -OCH3 is 1. The Morgan fingerprint density at radius 1 is 1.23 bits per heavy atom. The van der Waals surface area contributed by atoms with Crippen LogP contribution >= 0.6 is 0 Å². The number of hydrogen-bond donors (Lipinski definition) is 1. The van der Waals surface area contributed by atoms with Crippen LogP contribution in [-0.4, -0.2) is 29.1 Å². The van der Waals surface area contributed by atoms with Crippen molar-refractivity contribution in [3.05, 3.63) is 5.82 Å². The zero-order valence-corrected chi connectivity index (χ0v) is 8.33. The summed E-state index contributed by atoms with van der Waals surface area (Å²) in [6, 6.07) is 0.350. The topological polar surface area (TPSA) is 59.9 Å². The second kappa shape index (κ2) is 4.02. The molecule has 0 aromatic carbocycles. The van der Waals surface area contributed by atoms with Gasteiger partial charge in [-0.25, -0.2) is 0 Å². The summed E-state index contributed by atoms with van der Waals surface area (Å²) in [4.78, 5) is 12.3. The van der Waals surface area contributed by atoms with Crippen LogP contribution < -0.4 is 10.1 Å². The van der Waals surface area contributed by atoms with E-state index in [9.17, 15) is 0 Å². The molecule has 1 rings (SSSR count). The molecule has 1 heterocycles. The predicted octanol–water partition coefficient (Wildman–Crippen LogP) is 1.05. The lowest BCUT2D eigenvalue weighted by Crippen LogP contribution is -2.06. The van der Waals surface area contributed by atoms with Crippen molar-refractivity contribution in [1.29, 1.82) is 0 Å². The van der Waals surface area contributed by atoms with Gasteiger partial charge in [0.2, 0.25) is 5.95 Å². The normalized spacial score (nSPS) is 10.2. The molecule has 72 valence electrons. The van der Waals surface area contributed by atoms with Gasteiger partial charge in [0.1, 0.15) is 5.82 Å². The Labute approximate surface area is 77.6 Å². The van der Waals surface area contributed by atoms with Gasteiger partial charge in [-0.1, -0.05) is 13.8 Å². The van der Waals surface area contributed by atoms with E-state index in [1.54, 1.807) is 14.2 Å². The molecule has 13 heavy (non-hydrogen) atoms. The van der Waals surface area contributed by atoms with E-state index < -0.39 is 0 Å². The van der Waals surface area contributed by atoms with Crippen LogP contribution in [0.1, 0.15) is 25.6 Å². The smallest absolute Gasteiger partial charge is 0.321 e. The first-order valence-electron chi connectivity index (χ1n) is 4.15. The summed E-state index contributed by atoms with van der Waals surface area (Å²) in [6.45, 7) is 4.04. The van der Waals surface area contributed by atoms with Gasteiger partial charge in [-0.15, -0.1) is 0 Å². The minimum absolute atomic E-state index is 0.268. The summed E-state index contributed by atoms with van der Waals surface area (Å²) >= 11 is 0. The Kier molecular flexibility index (Phi) is 3.00.